The SMILES string of the molecule is Clc1sc(C2CCCCN2)cc1Br. The van der Waals surface area contributed by atoms with Crippen LogP contribution < -0.4 is 5.32 Å². The second-order valence-corrected chi connectivity index (χ2v) is 5.81. The summed E-state index contributed by atoms with van der Waals surface area (Å²) in [5.74, 6) is 0. The van der Waals surface area contributed by atoms with E-state index in [1.807, 2.05) is 0 Å². The van der Waals surface area contributed by atoms with Crippen molar-refractivity contribution in [3.8, 4) is 0 Å². The topological polar surface area (TPSA) is 12.0 Å². The van der Waals surface area contributed by atoms with Gasteiger partial charge in [0.1, 0.15) is 4.34 Å². The van der Waals surface area contributed by atoms with Crippen LogP contribution in [0.2, 0.25) is 4.34 Å². The number of nitrogens with one attached hydrogen (secondary N) is 1. The van der Waals surface area contributed by atoms with Crippen LogP contribution in [0.3, 0.4) is 0 Å². The zero-order valence-corrected chi connectivity index (χ0v) is 10.3. The molecule has 4 heteroatoms. The molecule has 1 N–H and O–H groups in total. The zero-order chi connectivity index (χ0) is 9.26. The van der Waals surface area contributed by atoms with Gasteiger partial charge in [-0.1, -0.05) is 18.0 Å². The van der Waals surface area contributed by atoms with Crippen molar-refractivity contribution in [2.45, 2.75) is 25.3 Å². The fourth-order valence-electron chi connectivity index (χ4n) is 1.63. The minimum Gasteiger partial charge on any atom is -0.309 e. The van der Waals surface area contributed by atoms with Crippen LogP contribution in [0, 0.1) is 0 Å². The fraction of sp³-hybridized carbons (Fsp3) is 0.556. The summed E-state index contributed by atoms with van der Waals surface area (Å²) in [6.45, 7) is 1.14. The largest absolute Gasteiger partial charge is 0.309 e. The highest BCUT2D eigenvalue weighted by Crippen LogP contribution is 2.37. The van der Waals surface area contributed by atoms with Crippen molar-refractivity contribution in [2.24, 2.45) is 0 Å². The lowest BCUT2D eigenvalue weighted by molar-refractivity contribution is 0.417. The molecule has 1 saturated heterocycles. The van der Waals surface area contributed by atoms with Crippen molar-refractivity contribution in [1.82, 2.24) is 5.32 Å². The second kappa shape index (κ2) is 4.30. The van der Waals surface area contributed by atoms with Crippen LogP contribution in [-0.4, -0.2) is 6.54 Å². The first-order chi connectivity index (χ1) is 6.27. The van der Waals surface area contributed by atoms with Gasteiger partial charge >= 0.3 is 0 Å². The molecule has 0 aromatic carbocycles. The Morgan fingerprint density at radius 2 is 2.38 bits per heavy atom. The van der Waals surface area contributed by atoms with Gasteiger partial charge in [0.05, 0.1) is 0 Å². The van der Waals surface area contributed by atoms with Gasteiger partial charge in [-0.2, -0.15) is 0 Å². The molecule has 1 nitrogen and oxygen atoms in total. The standard InChI is InChI=1S/C9H11BrClNS/c10-6-5-8(13-9(6)11)7-3-1-2-4-12-7/h5,7,12H,1-4H2. The van der Waals surface area contributed by atoms with E-state index in [1.165, 1.54) is 24.1 Å². The van der Waals surface area contributed by atoms with Crippen molar-refractivity contribution in [1.29, 1.82) is 0 Å². The molecule has 72 valence electrons. The van der Waals surface area contributed by atoms with Crippen molar-refractivity contribution < 1.29 is 0 Å². The van der Waals surface area contributed by atoms with Gasteiger partial charge in [0, 0.05) is 15.4 Å². The molecule has 2 heterocycles. The lowest BCUT2D eigenvalue weighted by Crippen LogP contribution is -2.25. The van der Waals surface area contributed by atoms with E-state index in [0.717, 1.165) is 15.4 Å². The molecule has 0 amide bonds. The number of rotatable bonds is 1. The molecule has 0 aliphatic carbocycles. The normalized spacial score (nSPS) is 23.4. The van der Waals surface area contributed by atoms with E-state index >= 15 is 0 Å². The van der Waals surface area contributed by atoms with Gasteiger partial charge in [-0.05, 0) is 41.4 Å². The smallest absolute Gasteiger partial charge is 0.107 e. The van der Waals surface area contributed by atoms with Gasteiger partial charge in [-0.3, -0.25) is 0 Å². The Bertz CT molecular complexity index is 274. The molecule has 1 fully saturated rings. The summed E-state index contributed by atoms with van der Waals surface area (Å²) in [5.41, 5.74) is 0. The molecule has 2 rings (SSSR count). The summed E-state index contributed by atoms with van der Waals surface area (Å²) >= 11 is 11.1. The number of hydrogen-bond acceptors (Lipinski definition) is 2. The highest BCUT2D eigenvalue weighted by atomic mass is 79.9. The number of piperidine rings is 1. The minimum atomic E-state index is 0.530. The van der Waals surface area contributed by atoms with Gasteiger partial charge in [-0.25, -0.2) is 0 Å². The van der Waals surface area contributed by atoms with E-state index in [1.54, 1.807) is 11.3 Å². The molecule has 0 radical (unpaired) electrons. The molecule has 1 aromatic rings. The first kappa shape index (κ1) is 9.97. The number of hydrogen-bond donors (Lipinski definition) is 1. The summed E-state index contributed by atoms with van der Waals surface area (Å²) < 4.78 is 1.89. The molecule has 0 spiro atoms. The molecule has 1 unspecified atom stereocenters. The maximum atomic E-state index is 5.99. The Labute approximate surface area is 95.6 Å². The molecule has 0 bridgehead atoms. The average molecular weight is 281 g/mol. The third kappa shape index (κ3) is 2.27. The summed E-state index contributed by atoms with van der Waals surface area (Å²) in [6, 6.07) is 2.67. The highest BCUT2D eigenvalue weighted by molar-refractivity contribution is 9.10. The van der Waals surface area contributed by atoms with Crippen LogP contribution in [0.1, 0.15) is 30.2 Å². The van der Waals surface area contributed by atoms with Gasteiger partial charge in [0.25, 0.3) is 0 Å². The van der Waals surface area contributed by atoms with E-state index in [9.17, 15) is 0 Å². The zero-order valence-electron chi connectivity index (χ0n) is 7.15. The summed E-state index contributed by atoms with van der Waals surface area (Å²) in [4.78, 5) is 1.36. The Balaban J connectivity index is 2.14. The third-order valence-electron chi connectivity index (χ3n) is 2.32. The molecule has 1 atom stereocenters. The van der Waals surface area contributed by atoms with Gasteiger partial charge in [0.2, 0.25) is 0 Å². The minimum absolute atomic E-state index is 0.530. The van der Waals surface area contributed by atoms with E-state index in [2.05, 4.69) is 27.3 Å². The summed E-state index contributed by atoms with van der Waals surface area (Å²) in [5, 5.41) is 3.51. The van der Waals surface area contributed by atoms with Crippen LogP contribution in [0.25, 0.3) is 0 Å². The molecule has 13 heavy (non-hydrogen) atoms. The maximum Gasteiger partial charge on any atom is 0.107 e. The lowest BCUT2D eigenvalue weighted by Gasteiger charge is -2.21. The Kier molecular flexibility index (Phi) is 3.30. The van der Waals surface area contributed by atoms with Gasteiger partial charge in [-0.15, -0.1) is 11.3 Å². The van der Waals surface area contributed by atoms with Gasteiger partial charge in [0.15, 0.2) is 0 Å². The van der Waals surface area contributed by atoms with Crippen LogP contribution in [0.4, 0.5) is 0 Å². The van der Waals surface area contributed by atoms with E-state index in [4.69, 9.17) is 11.6 Å². The fourth-order valence-corrected chi connectivity index (χ4v) is 3.48. The van der Waals surface area contributed by atoms with E-state index in [-0.39, 0.29) is 0 Å². The summed E-state index contributed by atoms with van der Waals surface area (Å²) in [6.07, 6.45) is 3.87. The van der Waals surface area contributed by atoms with Crippen molar-refractivity contribution in [3.05, 3.63) is 19.8 Å². The highest BCUT2D eigenvalue weighted by Gasteiger charge is 2.17. The third-order valence-corrected chi connectivity index (χ3v) is 4.91. The lowest BCUT2D eigenvalue weighted by atomic mass is 10.0. The van der Waals surface area contributed by atoms with Crippen LogP contribution in [-0.2, 0) is 0 Å². The van der Waals surface area contributed by atoms with Crippen LogP contribution in [0.15, 0.2) is 10.5 Å². The Hall–Kier alpha value is 0.430. The molecular weight excluding hydrogens is 270 g/mol. The quantitative estimate of drug-likeness (QED) is 0.820. The Morgan fingerprint density at radius 3 is 2.92 bits per heavy atom. The van der Waals surface area contributed by atoms with E-state index < -0.39 is 0 Å². The van der Waals surface area contributed by atoms with E-state index in [0.29, 0.717) is 6.04 Å². The predicted octanol–water partition coefficient (Wildman–Crippen LogP) is 3.98. The van der Waals surface area contributed by atoms with Crippen molar-refractivity contribution in [2.75, 3.05) is 6.54 Å². The van der Waals surface area contributed by atoms with Gasteiger partial charge < -0.3 is 5.32 Å². The Morgan fingerprint density at radius 1 is 1.54 bits per heavy atom. The first-order valence-electron chi connectivity index (χ1n) is 4.45. The summed E-state index contributed by atoms with van der Waals surface area (Å²) in [7, 11) is 0. The maximum absolute atomic E-state index is 5.99. The number of halogens is 2. The molecule has 0 saturated carbocycles. The van der Waals surface area contributed by atoms with Crippen molar-refractivity contribution >= 4 is 38.9 Å². The first-order valence-corrected chi connectivity index (χ1v) is 6.44. The average Bonchev–Trinajstić information content (AvgIpc) is 2.49. The molecular formula is C9H11BrClNS. The van der Waals surface area contributed by atoms with Crippen LogP contribution in [0.5, 0.6) is 0 Å². The second-order valence-electron chi connectivity index (χ2n) is 3.27. The predicted molar refractivity (Wildman–Crippen MR) is 61.6 cm³/mol. The molecule has 1 aliphatic heterocycles. The number of thiophene rings is 1. The van der Waals surface area contributed by atoms with Crippen LogP contribution >= 0.6 is 38.9 Å². The molecule has 1 aliphatic rings. The molecule has 1 aromatic heterocycles. The monoisotopic (exact) mass is 279 g/mol. The van der Waals surface area contributed by atoms with Crippen molar-refractivity contribution in [3.63, 3.8) is 0 Å².